The van der Waals surface area contributed by atoms with Crippen LogP contribution in [0.5, 0.6) is 0 Å². The zero-order valence-corrected chi connectivity index (χ0v) is 14.9. The van der Waals surface area contributed by atoms with Crippen LogP contribution in [0.3, 0.4) is 0 Å². The molecule has 25 heavy (non-hydrogen) atoms. The number of rotatable bonds is 4. The van der Waals surface area contributed by atoms with Gasteiger partial charge in [0.05, 0.1) is 22.8 Å². The Morgan fingerprint density at radius 2 is 2.28 bits per heavy atom. The minimum atomic E-state index is -0.0682. The second-order valence-electron chi connectivity index (χ2n) is 6.37. The van der Waals surface area contributed by atoms with Crippen molar-refractivity contribution in [3.8, 4) is 0 Å². The third-order valence-corrected chi connectivity index (χ3v) is 5.59. The van der Waals surface area contributed by atoms with E-state index in [0.717, 1.165) is 29.9 Å². The third-order valence-electron chi connectivity index (χ3n) is 4.45. The number of nitrogens with one attached hydrogen (secondary N) is 1. The zero-order valence-electron chi connectivity index (χ0n) is 14.1. The van der Waals surface area contributed by atoms with Crippen LogP contribution in [0.4, 0.5) is 5.82 Å². The molecule has 7 heteroatoms. The van der Waals surface area contributed by atoms with E-state index in [1.54, 1.807) is 24.3 Å². The molecule has 4 rings (SSSR count). The highest BCUT2D eigenvalue weighted by molar-refractivity contribution is 7.18. The van der Waals surface area contributed by atoms with E-state index in [-0.39, 0.29) is 11.9 Å². The van der Waals surface area contributed by atoms with Gasteiger partial charge < -0.3 is 9.84 Å². The number of carbonyl (C=O) groups excluding carboxylic acids is 1. The number of likely N-dealkylation sites (tertiary alicyclic amines) is 1. The van der Waals surface area contributed by atoms with E-state index in [2.05, 4.69) is 21.4 Å². The first kappa shape index (κ1) is 16.2. The lowest BCUT2D eigenvalue weighted by atomic mass is 10.0. The molecule has 0 radical (unpaired) electrons. The van der Waals surface area contributed by atoms with Gasteiger partial charge in [-0.15, -0.1) is 11.3 Å². The summed E-state index contributed by atoms with van der Waals surface area (Å²) in [5, 5.41) is 7.73. The predicted octanol–water partition coefficient (Wildman–Crippen LogP) is 3.76. The number of hydrogen-bond donors (Lipinski definition) is 1. The van der Waals surface area contributed by atoms with Gasteiger partial charge >= 0.3 is 0 Å². The Balaban J connectivity index is 1.49. The molecule has 3 heterocycles. The molecule has 1 aliphatic rings. The standard InChI is InChI=1S/C18H20N4O2S/c1-12-10-16(21-24-12)20-17(23)11-22-9-5-4-7-14(22)18-19-13-6-2-3-8-15(13)25-18/h2-3,6,8,10,14H,4-5,7,9,11H2,1H3,(H,20,21,23)/t14-/m0/s1. The summed E-state index contributed by atoms with van der Waals surface area (Å²) in [5.41, 5.74) is 1.04. The number of nitrogens with zero attached hydrogens (tertiary/aromatic N) is 3. The molecular formula is C18H20N4O2S. The maximum absolute atomic E-state index is 12.4. The van der Waals surface area contributed by atoms with Crippen molar-refractivity contribution >= 4 is 33.3 Å². The molecule has 0 bridgehead atoms. The van der Waals surface area contributed by atoms with E-state index < -0.39 is 0 Å². The number of anilines is 1. The molecule has 1 saturated heterocycles. The van der Waals surface area contributed by atoms with Gasteiger partial charge in [0.2, 0.25) is 5.91 Å². The second-order valence-corrected chi connectivity index (χ2v) is 7.44. The number of aromatic nitrogens is 2. The van der Waals surface area contributed by atoms with Crippen LogP contribution in [0.25, 0.3) is 10.2 Å². The third kappa shape index (κ3) is 3.57. The molecule has 1 N–H and O–H groups in total. The van der Waals surface area contributed by atoms with Crippen LogP contribution >= 0.6 is 11.3 Å². The molecule has 1 atom stereocenters. The molecule has 0 aliphatic carbocycles. The van der Waals surface area contributed by atoms with Crippen molar-refractivity contribution in [2.75, 3.05) is 18.4 Å². The van der Waals surface area contributed by atoms with Crippen LogP contribution in [0.2, 0.25) is 0 Å². The Morgan fingerprint density at radius 3 is 3.08 bits per heavy atom. The number of hydrogen-bond acceptors (Lipinski definition) is 6. The Hall–Kier alpha value is -2.25. The van der Waals surface area contributed by atoms with Gasteiger partial charge in [0, 0.05) is 6.07 Å². The van der Waals surface area contributed by atoms with Crippen LogP contribution in [0.15, 0.2) is 34.9 Å². The van der Waals surface area contributed by atoms with Gasteiger partial charge in [-0.05, 0) is 38.4 Å². The van der Waals surface area contributed by atoms with Crippen LogP contribution < -0.4 is 5.32 Å². The van der Waals surface area contributed by atoms with Crippen molar-refractivity contribution in [3.05, 3.63) is 41.1 Å². The van der Waals surface area contributed by atoms with Gasteiger partial charge in [-0.1, -0.05) is 23.7 Å². The van der Waals surface area contributed by atoms with Gasteiger partial charge in [0.15, 0.2) is 5.82 Å². The average molecular weight is 356 g/mol. The highest BCUT2D eigenvalue weighted by Gasteiger charge is 2.28. The molecule has 130 valence electrons. The van der Waals surface area contributed by atoms with Crippen molar-refractivity contribution in [2.24, 2.45) is 0 Å². The molecule has 0 spiro atoms. The maximum Gasteiger partial charge on any atom is 0.239 e. The fourth-order valence-electron chi connectivity index (χ4n) is 3.28. The quantitative estimate of drug-likeness (QED) is 0.771. The molecule has 6 nitrogen and oxygen atoms in total. The number of piperidine rings is 1. The van der Waals surface area contributed by atoms with Crippen LogP contribution in [-0.4, -0.2) is 34.0 Å². The SMILES string of the molecule is Cc1cc(NC(=O)CN2CCCC[C@H]2c2nc3ccccc3s2)no1. The molecule has 1 aromatic carbocycles. The molecule has 0 unspecified atom stereocenters. The fraction of sp³-hybridized carbons (Fsp3) is 0.389. The van der Waals surface area contributed by atoms with Crippen molar-refractivity contribution in [3.63, 3.8) is 0 Å². The normalized spacial score (nSPS) is 18.5. The van der Waals surface area contributed by atoms with Gasteiger partial charge in [0.1, 0.15) is 10.8 Å². The first-order valence-corrected chi connectivity index (χ1v) is 9.33. The zero-order chi connectivity index (χ0) is 17.2. The largest absolute Gasteiger partial charge is 0.360 e. The Bertz CT molecular complexity index is 855. The fourth-order valence-corrected chi connectivity index (χ4v) is 4.42. The van der Waals surface area contributed by atoms with Crippen LogP contribution in [-0.2, 0) is 4.79 Å². The maximum atomic E-state index is 12.4. The van der Waals surface area contributed by atoms with Crippen LogP contribution in [0.1, 0.15) is 36.1 Å². The van der Waals surface area contributed by atoms with E-state index in [0.29, 0.717) is 18.1 Å². The lowest BCUT2D eigenvalue weighted by molar-refractivity contribution is -0.118. The molecule has 3 aromatic rings. The first-order valence-electron chi connectivity index (χ1n) is 8.52. The number of benzene rings is 1. The Labute approximate surface area is 149 Å². The van der Waals surface area contributed by atoms with Gasteiger partial charge in [0.25, 0.3) is 0 Å². The lowest BCUT2D eigenvalue weighted by Crippen LogP contribution is -2.39. The van der Waals surface area contributed by atoms with Gasteiger partial charge in [-0.3, -0.25) is 9.69 Å². The number of carbonyl (C=O) groups is 1. The van der Waals surface area contributed by atoms with E-state index in [9.17, 15) is 4.79 Å². The summed E-state index contributed by atoms with van der Waals surface area (Å²) in [5.74, 6) is 1.08. The molecule has 1 aliphatic heterocycles. The van der Waals surface area contributed by atoms with Crippen molar-refractivity contribution in [1.82, 2.24) is 15.0 Å². The van der Waals surface area contributed by atoms with Crippen molar-refractivity contribution < 1.29 is 9.32 Å². The average Bonchev–Trinajstić information content (AvgIpc) is 3.21. The molecule has 2 aromatic heterocycles. The minimum absolute atomic E-state index is 0.0682. The van der Waals surface area contributed by atoms with Crippen molar-refractivity contribution in [1.29, 1.82) is 0 Å². The topological polar surface area (TPSA) is 71.3 Å². The monoisotopic (exact) mass is 356 g/mol. The predicted molar refractivity (Wildman–Crippen MR) is 97.7 cm³/mol. The summed E-state index contributed by atoms with van der Waals surface area (Å²) in [6.07, 6.45) is 3.31. The summed E-state index contributed by atoms with van der Waals surface area (Å²) < 4.78 is 6.19. The van der Waals surface area contributed by atoms with E-state index in [1.807, 2.05) is 18.2 Å². The molecule has 0 saturated carbocycles. The lowest BCUT2D eigenvalue weighted by Gasteiger charge is -2.33. The summed E-state index contributed by atoms with van der Waals surface area (Å²) in [7, 11) is 0. The second kappa shape index (κ2) is 6.93. The minimum Gasteiger partial charge on any atom is -0.360 e. The Kier molecular flexibility index (Phi) is 4.50. The number of amides is 1. The van der Waals surface area contributed by atoms with Gasteiger partial charge in [-0.2, -0.15) is 0 Å². The Morgan fingerprint density at radius 1 is 1.40 bits per heavy atom. The molecular weight excluding hydrogens is 336 g/mol. The summed E-state index contributed by atoms with van der Waals surface area (Å²) in [6, 6.07) is 10.1. The summed E-state index contributed by atoms with van der Waals surface area (Å²) in [6.45, 7) is 3.05. The van der Waals surface area contributed by atoms with E-state index in [4.69, 9.17) is 9.51 Å². The molecule has 1 fully saturated rings. The van der Waals surface area contributed by atoms with E-state index >= 15 is 0 Å². The highest BCUT2D eigenvalue weighted by Crippen LogP contribution is 2.35. The first-order chi connectivity index (χ1) is 12.2. The number of fused-ring (bicyclic) bond motifs is 1. The highest BCUT2D eigenvalue weighted by atomic mass is 32.1. The van der Waals surface area contributed by atoms with Gasteiger partial charge in [-0.25, -0.2) is 4.98 Å². The summed E-state index contributed by atoms with van der Waals surface area (Å²) in [4.78, 5) is 19.4. The number of thiazole rings is 1. The smallest absolute Gasteiger partial charge is 0.239 e. The number of aryl methyl sites for hydroxylation is 1. The number of para-hydroxylation sites is 1. The van der Waals surface area contributed by atoms with E-state index in [1.165, 1.54) is 11.1 Å². The van der Waals surface area contributed by atoms with Crippen LogP contribution in [0, 0.1) is 6.92 Å². The molecule has 1 amide bonds. The van der Waals surface area contributed by atoms with Crippen molar-refractivity contribution in [2.45, 2.75) is 32.2 Å². The summed E-state index contributed by atoms with van der Waals surface area (Å²) >= 11 is 1.73.